The van der Waals surface area contributed by atoms with Crippen LogP contribution in [0, 0.1) is 32.0 Å². The highest BCUT2D eigenvalue weighted by molar-refractivity contribution is 5.30. The van der Waals surface area contributed by atoms with Crippen LogP contribution < -0.4 is 5.32 Å². The summed E-state index contributed by atoms with van der Waals surface area (Å²) < 4.78 is 13.3. The maximum Gasteiger partial charge on any atom is 0.129 e. The first-order valence-electron chi connectivity index (χ1n) is 5.05. The van der Waals surface area contributed by atoms with E-state index < -0.39 is 0 Å². The van der Waals surface area contributed by atoms with Gasteiger partial charge in [-0.25, -0.2) is 4.39 Å². The van der Waals surface area contributed by atoms with Crippen molar-refractivity contribution in [2.24, 2.45) is 0 Å². The van der Waals surface area contributed by atoms with Gasteiger partial charge in [0, 0.05) is 19.5 Å². The standard InChI is InChI=1S/C13H16FN/c1-4-5-6-15-9-12-7-10(2)13(14)11(3)8-12/h1,7-8,15H,5-6,9H2,2-3H3. The van der Waals surface area contributed by atoms with E-state index in [1.54, 1.807) is 13.8 Å². The molecule has 0 aromatic heterocycles. The first-order valence-corrected chi connectivity index (χ1v) is 5.05. The highest BCUT2D eigenvalue weighted by Gasteiger charge is 2.03. The number of benzene rings is 1. The van der Waals surface area contributed by atoms with Crippen LogP contribution in [-0.4, -0.2) is 6.54 Å². The lowest BCUT2D eigenvalue weighted by Crippen LogP contribution is -2.14. The van der Waals surface area contributed by atoms with Crippen molar-refractivity contribution < 1.29 is 4.39 Å². The minimum Gasteiger partial charge on any atom is -0.312 e. The smallest absolute Gasteiger partial charge is 0.129 e. The zero-order chi connectivity index (χ0) is 11.3. The molecule has 0 spiro atoms. The summed E-state index contributed by atoms with van der Waals surface area (Å²) in [6.07, 6.45) is 5.86. The Morgan fingerprint density at radius 1 is 1.33 bits per heavy atom. The minimum absolute atomic E-state index is 0.109. The second-order valence-electron chi connectivity index (χ2n) is 3.67. The number of nitrogens with one attached hydrogen (secondary N) is 1. The average molecular weight is 205 g/mol. The zero-order valence-electron chi connectivity index (χ0n) is 9.23. The van der Waals surface area contributed by atoms with E-state index >= 15 is 0 Å². The summed E-state index contributed by atoms with van der Waals surface area (Å²) in [5.74, 6) is 2.45. The third-order valence-electron chi connectivity index (χ3n) is 2.27. The van der Waals surface area contributed by atoms with Crippen LogP contribution in [0.3, 0.4) is 0 Å². The molecule has 1 nitrogen and oxygen atoms in total. The summed E-state index contributed by atoms with van der Waals surface area (Å²) in [5.41, 5.74) is 2.50. The average Bonchev–Trinajstić information content (AvgIpc) is 2.21. The Bertz CT molecular complexity index is 354. The van der Waals surface area contributed by atoms with Gasteiger partial charge in [0.1, 0.15) is 5.82 Å². The summed E-state index contributed by atoms with van der Waals surface area (Å²) in [6.45, 7) is 5.11. The summed E-state index contributed by atoms with van der Waals surface area (Å²) in [6, 6.07) is 3.73. The topological polar surface area (TPSA) is 12.0 Å². The Labute approximate surface area is 90.7 Å². The van der Waals surface area contributed by atoms with Crippen molar-refractivity contribution in [1.29, 1.82) is 0 Å². The number of terminal acetylenes is 1. The molecule has 0 saturated heterocycles. The Morgan fingerprint density at radius 2 is 1.93 bits per heavy atom. The van der Waals surface area contributed by atoms with Gasteiger partial charge in [-0.2, -0.15) is 0 Å². The second-order valence-corrected chi connectivity index (χ2v) is 3.67. The molecule has 1 aromatic carbocycles. The molecule has 0 unspecified atom stereocenters. The first kappa shape index (κ1) is 11.7. The number of halogens is 1. The Balaban J connectivity index is 2.59. The molecule has 0 radical (unpaired) electrons. The van der Waals surface area contributed by atoms with E-state index in [9.17, 15) is 4.39 Å². The number of hydrogen-bond acceptors (Lipinski definition) is 1. The maximum absolute atomic E-state index is 13.3. The number of rotatable bonds is 4. The Hall–Kier alpha value is -1.33. The fourth-order valence-corrected chi connectivity index (χ4v) is 1.53. The number of aryl methyl sites for hydroxylation is 2. The van der Waals surface area contributed by atoms with Crippen LogP contribution in [0.2, 0.25) is 0 Å². The predicted molar refractivity (Wildman–Crippen MR) is 61.0 cm³/mol. The van der Waals surface area contributed by atoms with Crippen molar-refractivity contribution in [2.75, 3.05) is 6.54 Å². The van der Waals surface area contributed by atoms with E-state index in [1.807, 2.05) is 12.1 Å². The number of hydrogen-bond donors (Lipinski definition) is 1. The summed E-state index contributed by atoms with van der Waals surface area (Å²) in [4.78, 5) is 0. The Morgan fingerprint density at radius 3 is 2.47 bits per heavy atom. The van der Waals surface area contributed by atoms with Gasteiger partial charge in [-0.1, -0.05) is 12.1 Å². The highest BCUT2D eigenvalue weighted by Crippen LogP contribution is 2.14. The van der Waals surface area contributed by atoms with Crippen molar-refractivity contribution in [3.05, 3.63) is 34.6 Å². The lowest BCUT2D eigenvalue weighted by Gasteiger charge is -2.07. The molecule has 0 bridgehead atoms. The lowest BCUT2D eigenvalue weighted by atomic mass is 10.1. The molecule has 2 heteroatoms. The molecule has 80 valence electrons. The van der Waals surface area contributed by atoms with Gasteiger partial charge < -0.3 is 5.32 Å². The van der Waals surface area contributed by atoms with Gasteiger partial charge in [-0.15, -0.1) is 12.3 Å². The van der Waals surface area contributed by atoms with Gasteiger partial charge in [0.25, 0.3) is 0 Å². The van der Waals surface area contributed by atoms with E-state index in [-0.39, 0.29) is 5.82 Å². The van der Waals surface area contributed by atoms with Crippen LogP contribution in [0.1, 0.15) is 23.1 Å². The van der Waals surface area contributed by atoms with Gasteiger partial charge in [0.2, 0.25) is 0 Å². The third-order valence-corrected chi connectivity index (χ3v) is 2.27. The van der Waals surface area contributed by atoms with E-state index in [0.29, 0.717) is 11.1 Å². The normalized spacial score (nSPS) is 10.0. The van der Waals surface area contributed by atoms with Crippen LogP contribution in [0.4, 0.5) is 4.39 Å². The molecule has 1 aromatic rings. The molecule has 15 heavy (non-hydrogen) atoms. The summed E-state index contributed by atoms with van der Waals surface area (Å²) in [5, 5.41) is 3.21. The van der Waals surface area contributed by atoms with Crippen molar-refractivity contribution in [1.82, 2.24) is 5.32 Å². The van der Waals surface area contributed by atoms with E-state index in [0.717, 1.165) is 25.1 Å². The SMILES string of the molecule is C#CCCNCc1cc(C)c(F)c(C)c1. The predicted octanol–water partition coefficient (Wildman–Crippen LogP) is 2.56. The molecule has 0 heterocycles. The van der Waals surface area contributed by atoms with Gasteiger partial charge >= 0.3 is 0 Å². The van der Waals surface area contributed by atoms with Crippen LogP contribution in [0.5, 0.6) is 0 Å². The minimum atomic E-state index is -0.109. The molecule has 0 amide bonds. The second kappa shape index (κ2) is 5.53. The van der Waals surface area contributed by atoms with E-state index in [4.69, 9.17) is 6.42 Å². The van der Waals surface area contributed by atoms with Gasteiger partial charge in [0.05, 0.1) is 0 Å². The molecule has 0 atom stereocenters. The van der Waals surface area contributed by atoms with Crippen LogP contribution in [0.25, 0.3) is 0 Å². The van der Waals surface area contributed by atoms with Crippen LogP contribution >= 0.6 is 0 Å². The molecule has 0 aliphatic carbocycles. The maximum atomic E-state index is 13.3. The van der Waals surface area contributed by atoms with Gasteiger partial charge in [-0.05, 0) is 30.5 Å². The van der Waals surface area contributed by atoms with E-state index in [2.05, 4.69) is 11.2 Å². The molecule has 0 aliphatic rings. The highest BCUT2D eigenvalue weighted by atomic mass is 19.1. The Kier molecular flexibility index (Phi) is 4.33. The molecule has 1 rings (SSSR count). The van der Waals surface area contributed by atoms with Gasteiger partial charge in [0.15, 0.2) is 0 Å². The van der Waals surface area contributed by atoms with Crippen molar-refractivity contribution in [3.63, 3.8) is 0 Å². The molecule has 0 saturated carbocycles. The van der Waals surface area contributed by atoms with Crippen LogP contribution in [-0.2, 0) is 6.54 Å². The zero-order valence-corrected chi connectivity index (χ0v) is 9.23. The summed E-state index contributed by atoms with van der Waals surface area (Å²) in [7, 11) is 0. The fourth-order valence-electron chi connectivity index (χ4n) is 1.53. The third kappa shape index (κ3) is 3.38. The van der Waals surface area contributed by atoms with Gasteiger partial charge in [-0.3, -0.25) is 0 Å². The lowest BCUT2D eigenvalue weighted by molar-refractivity contribution is 0.606. The largest absolute Gasteiger partial charge is 0.312 e. The monoisotopic (exact) mass is 205 g/mol. The van der Waals surface area contributed by atoms with Crippen molar-refractivity contribution >= 4 is 0 Å². The molecule has 0 fully saturated rings. The van der Waals surface area contributed by atoms with E-state index in [1.165, 1.54) is 0 Å². The van der Waals surface area contributed by atoms with Crippen molar-refractivity contribution in [3.8, 4) is 12.3 Å². The molecular formula is C13H16FN. The summed E-state index contributed by atoms with van der Waals surface area (Å²) >= 11 is 0. The fraction of sp³-hybridized carbons (Fsp3) is 0.385. The van der Waals surface area contributed by atoms with Crippen LogP contribution in [0.15, 0.2) is 12.1 Å². The first-order chi connectivity index (χ1) is 7.15. The molecule has 1 N–H and O–H groups in total. The molecular weight excluding hydrogens is 189 g/mol. The molecule has 0 aliphatic heterocycles. The quantitative estimate of drug-likeness (QED) is 0.588. The van der Waals surface area contributed by atoms with Crippen molar-refractivity contribution in [2.45, 2.75) is 26.8 Å².